The van der Waals surface area contributed by atoms with Crippen LogP contribution in [0.2, 0.25) is 0 Å². The van der Waals surface area contributed by atoms with Crippen molar-refractivity contribution in [1.29, 1.82) is 0 Å². The maximum absolute atomic E-state index is 13.6. The number of rotatable bonds is 8. The number of carbonyl (C=O) groups excluding carboxylic acids is 2. The van der Waals surface area contributed by atoms with E-state index >= 15 is 0 Å². The van der Waals surface area contributed by atoms with Gasteiger partial charge in [-0.15, -0.1) is 0 Å². The van der Waals surface area contributed by atoms with Gasteiger partial charge in [-0.1, -0.05) is 5.16 Å². The second-order valence-corrected chi connectivity index (χ2v) is 5.95. The molecule has 0 bridgehead atoms. The van der Waals surface area contributed by atoms with Gasteiger partial charge in [0.25, 0.3) is 0 Å². The fourth-order valence-corrected chi connectivity index (χ4v) is 2.47. The monoisotopic (exact) mass is 403 g/mol. The lowest BCUT2D eigenvalue weighted by Gasteiger charge is -2.06. The van der Waals surface area contributed by atoms with Crippen LogP contribution in [0.25, 0.3) is 0 Å². The number of nitrogens with zero attached hydrogens (tertiary/aromatic N) is 1. The van der Waals surface area contributed by atoms with Crippen molar-refractivity contribution >= 4 is 17.5 Å². The number of fused-ring (bicyclic) bond motifs is 1. The van der Waals surface area contributed by atoms with Crippen molar-refractivity contribution in [2.75, 3.05) is 27.1 Å². The summed E-state index contributed by atoms with van der Waals surface area (Å²) in [5.74, 6) is -0.754. The molecule has 0 aromatic heterocycles. The molecule has 2 aromatic carbocycles. The number of ketones is 1. The lowest BCUT2D eigenvalue weighted by Crippen LogP contribution is -2.17. The molecule has 0 unspecified atom stereocenters. The van der Waals surface area contributed by atoms with Crippen LogP contribution in [-0.2, 0) is 14.4 Å². The number of hydrogen-bond acceptors (Lipinski definition) is 8. The molecule has 29 heavy (non-hydrogen) atoms. The number of oxime groups is 1. The molecule has 0 radical (unpaired) electrons. The maximum Gasteiger partial charge on any atom is 0.347 e. The Morgan fingerprint density at radius 1 is 1.07 bits per heavy atom. The lowest BCUT2D eigenvalue weighted by molar-refractivity contribution is -0.147. The zero-order valence-electron chi connectivity index (χ0n) is 15.8. The molecule has 152 valence electrons. The van der Waals surface area contributed by atoms with E-state index in [0.717, 1.165) is 11.6 Å². The van der Waals surface area contributed by atoms with Crippen LogP contribution in [0.4, 0.5) is 4.39 Å². The number of benzene rings is 2. The smallest absolute Gasteiger partial charge is 0.347 e. The predicted octanol–water partition coefficient (Wildman–Crippen LogP) is 2.73. The van der Waals surface area contributed by atoms with Crippen molar-refractivity contribution in [2.45, 2.75) is 6.92 Å². The van der Waals surface area contributed by atoms with E-state index in [0.29, 0.717) is 17.2 Å². The average molecular weight is 403 g/mol. The summed E-state index contributed by atoms with van der Waals surface area (Å²) in [6.45, 7) is 0.842. The van der Waals surface area contributed by atoms with Crippen LogP contribution in [0, 0.1) is 5.82 Å². The molecule has 0 aliphatic carbocycles. The fourth-order valence-electron chi connectivity index (χ4n) is 2.47. The van der Waals surface area contributed by atoms with Crippen LogP contribution >= 0.6 is 0 Å². The highest BCUT2D eigenvalue weighted by Gasteiger charge is 2.15. The van der Waals surface area contributed by atoms with Crippen LogP contribution in [0.5, 0.6) is 17.2 Å². The highest BCUT2D eigenvalue weighted by molar-refractivity contribution is 5.99. The third-order valence-corrected chi connectivity index (χ3v) is 4.01. The van der Waals surface area contributed by atoms with E-state index in [-0.39, 0.29) is 18.1 Å². The number of Topliss-reactive ketones (excluding diaryl/α,β-unsaturated/α-hetero) is 1. The summed E-state index contributed by atoms with van der Waals surface area (Å²) in [6.07, 6.45) is 0. The quantitative estimate of drug-likeness (QED) is 0.290. The lowest BCUT2D eigenvalue weighted by atomic mass is 10.1. The van der Waals surface area contributed by atoms with Crippen molar-refractivity contribution in [3.05, 3.63) is 53.3 Å². The van der Waals surface area contributed by atoms with Gasteiger partial charge >= 0.3 is 5.97 Å². The minimum Gasteiger partial charge on any atom is -0.494 e. The molecule has 3 rings (SSSR count). The summed E-state index contributed by atoms with van der Waals surface area (Å²) in [4.78, 5) is 28.7. The molecular weight excluding hydrogens is 385 g/mol. The van der Waals surface area contributed by atoms with Crippen molar-refractivity contribution < 1.29 is 37.8 Å². The van der Waals surface area contributed by atoms with Gasteiger partial charge in [0.2, 0.25) is 13.4 Å². The van der Waals surface area contributed by atoms with Gasteiger partial charge in [0.15, 0.2) is 35.5 Å². The second-order valence-electron chi connectivity index (χ2n) is 5.95. The highest BCUT2D eigenvalue weighted by Crippen LogP contribution is 2.32. The Labute approximate surface area is 165 Å². The molecule has 0 saturated heterocycles. The number of hydrogen-bond donors (Lipinski definition) is 0. The first kappa shape index (κ1) is 20.1. The van der Waals surface area contributed by atoms with Crippen LogP contribution in [0.1, 0.15) is 22.8 Å². The third kappa shape index (κ3) is 5.01. The zero-order chi connectivity index (χ0) is 20.8. The van der Waals surface area contributed by atoms with Crippen molar-refractivity contribution in [2.24, 2.45) is 5.16 Å². The molecule has 8 nitrogen and oxygen atoms in total. The van der Waals surface area contributed by atoms with Gasteiger partial charge in [0.1, 0.15) is 0 Å². The van der Waals surface area contributed by atoms with E-state index in [1.807, 2.05) is 0 Å². The molecule has 1 heterocycles. The Hall–Kier alpha value is -3.62. The predicted molar refractivity (Wildman–Crippen MR) is 99.0 cm³/mol. The Bertz CT molecular complexity index is 958. The molecule has 0 fully saturated rings. The molecule has 0 N–H and O–H groups in total. The molecule has 0 amide bonds. The minimum atomic E-state index is -0.783. The Morgan fingerprint density at radius 3 is 2.59 bits per heavy atom. The molecule has 9 heteroatoms. The minimum absolute atomic E-state index is 0.0163. The van der Waals surface area contributed by atoms with Crippen molar-refractivity contribution in [3.8, 4) is 17.2 Å². The van der Waals surface area contributed by atoms with Crippen molar-refractivity contribution in [3.63, 3.8) is 0 Å². The number of ether oxygens (including phenoxy) is 4. The number of methoxy groups -OCH3 is 1. The van der Waals surface area contributed by atoms with Crippen LogP contribution in [0.3, 0.4) is 0 Å². The van der Waals surface area contributed by atoms with Gasteiger partial charge in [0, 0.05) is 11.1 Å². The third-order valence-electron chi connectivity index (χ3n) is 4.01. The SMILES string of the molecule is COc1ccc(C(=O)COC(=O)CO/N=C(\C)c2ccc3c(c2)OCO3)cc1F. The van der Waals surface area contributed by atoms with E-state index in [9.17, 15) is 14.0 Å². The number of carbonyl (C=O) groups is 2. The van der Waals surface area contributed by atoms with E-state index in [4.69, 9.17) is 23.8 Å². The molecule has 2 aromatic rings. The summed E-state index contributed by atoms with van der Waals surface area (Å²) in [5.41, 5.74) is 1.31. The van der Waals surface area contributed by atoms with E-state index < -0.39 is 30.8 Å². The largest absolute Gasteiger partial charge is 0.494 e. The van der Waals surface area contributed by atoms with Crippen LogP contribution < -0.4 is 14.2 Å². The van der Waals surface area contributed by atoms with Crippen LogP contribution in [0.15, 0.2) is 41.6 Å². The first-order chi connectivity index (χ1) is 14.0. The molecule has 1 aliphatic rings. The molecule has 0 saturated carbocycles. The fraction of sp³-hybridized carbons (Fsp3) is 0.250. The molecule has 0 atom stereocenters. The van der Waals surface area contributed by atoms with Crippen molar-refractivity contribution in [1.82, 2.24) is 0 Å². The summed E-state index contributed by atoms with van der Waals surface area (Å²) in [6, 6.07) is 8.99. The Kier molecular flexibility index (Phi) is 6.28. The zero-order valence-corrected chi connectivity index (χ0v) is 15.8. The van der Waals surface area contributed by atoms with Gasteiger partial charge in [-0.05, 0) is 43.3 Å². The highest BCUT2D eigenvalue weighted by atomic mass is 19.1. The Morgan fingerprint density at radius 2 is 1.83 bits per heavy atom. The topological polar surface area (TPSA) is 92.7 Å². The van der Waals surface area contributed by atoms with E-state index in [1.54, 1.807) is 25.1 Å². The van der Waals surface area contributed by atoms with E-state index in [1.165, 1.54) is 19.2 Å². The first-order valence-electron chi connectivity index (χ1n) is 8.57. The number of esters is 1. The first-order valence-corrected chi connectivity index (χ1v) is 8.57. The van der Waals surface area contributed by atoms with Gasteiger partial charge in [-0.2, -0.15) is 0 Å². The summed E-state index contributed by atoms with van der Waals surface area (Å²) in [7, 11) is 1.32. The van der Waals surface area contributed by atoms with E-state index in [2.05, 4.69) is 5.16 Å². The summed E-state index contributed by atoms with van der Waals surface area (Å²) >= 11 is 0. The van der Waals surface area contributed by atoms with Gasteiger partial charge < -0.3 is 23.8 Å². The molecular formula is C20H18FNO7. The molecule has 1 aliphatic heterocycles. The van der Waals surface area contributed by atoms with Gasteiger partial charge in [-0.25, -0.2) is 9.18 Å². The standard InChI is InChI=1S/C20H18FNO7/c1-12(13-3-6-18-19(8-13)28-11-27-18)22-29-10-20(24)26-9-16(23)14-4-5-17(25-2)15(21)7-14/h3-8H,9-11H2,1-2H3/b22-12+. The van der Waals surface area contributed by atoms with Gasteiger partial charge in [0.05, 0.1) is 12.8 Å². The number of halogens is 1. The normalized spacial score (nSPS) is 12.4. The second kappa shape index (κ2) is 9.05. The van der Waals surface area contributed by atoms with Crippen LogP contribution in [-0.4, -0.2) is 44.6 Å². The molecule has 0 spiro atoms. The maximum atomic E-state index is 13.6. The summed E-state index contributed by atoms with van der Waals surface area (Å²) < 4.78 is 33.8. The summed E-state index contributed by atoms with van der Waals surface area (Å²) in [5, 5.41) is 3.85. The average Bonchev–Trinajstić information content (AvgIpc) is 3.19. The van der Waals surface area contributed by atoms with Gasteiger partial charge in [-0.3, -0.25) is 4.79 Å². The Balaban J connectivity index is 1.46.